The van der Waals surface area contributed by atoms with Crippen LogP contribution in [0.4, 0.5) is 6.01 Å². The average molecular weight is 293 g/mol. The van der Waals surface area contributed by atoms with Gasteiger partial charge < -0.3 is 14.1 Å². The van der Waals surface area contributed by atoms with Gasteiger partial charge in [-0.2, -0.15) is 4.98 Å². The normalized spacial score (nSPS) is 28.3. The highest BCUT2D eigenvalue weighted by molar-refractivity contribution is 5.33. The van der Waals surface area contributed by atoms with Gasteiger partial charge in [0, 0.05) is 37.1 Å². The zero-order valence-corrected chi connectivity index (χ0v) is 13.6. The minimum Gasteiger partial charge on any atom is -0.432 e. The molecule has 0 saturated carbocycles. The molecule has 3 rings (SSSR count). The van der Waals surface area contributed by atoms with Crippen LogP contribution in [0.1, 0.15) is 39.8 Å². The van der Waals surface area contributed by atoms with E-state index in [2.05, 4.69) is 37.5 Å². The van der Waals surface area contributed by atoms with Crippen molar-refractivity contribution in [2.24, 2.45) is 0 Å². The van der Waals surface area contributed by atoms with E-state index < -0.39 is 0 Å². The third-order valence-electron chi connectivity index (χ3n) is 4.62. The van der Waals surface area contributed by atoms with Crippen LogP contribution in [0.25, 0.3) is 0 Å². The summed E-state index contributed by atoms with van der Waals surface area (Å²) in [5.74, 6) is 0. The van der Waals surface area contributed by atoms with E-state index in [4.69, 9.17) is 14.1 Å². The SMILES string of the molecule is CC1CC(N2CCOCC2)CN1c1nc(C(C)(C)C)co1. The van der Waals surface area contributed by atoms with Crippen molar-refractivity contribution in [2.45, 2.75) is 51.6 Å². The summed E-state index contributed by atoms with van der Waals surface area (Å²) in [4.78, 5) is 9.57. The van der Waals surface area contributed by atoms with Crippen LogP contribution in [-0.2, 0) is 10.2 Å². The molecule has 0 aromatic carbocycles. The molecule has 0 aliphatic carbocycles. The van der Waals surface area contributed by atoms with Gasteiger partial charge in [0.05, 0.1) is 18.9 Å². The van der Waals surface area contributed by atoms with E-state index in [1.54, 1.807) is 0 Å². The first kappa shape index (κ1) is 14.9. The Morgan fingerprint density at radius 2 is 1.95 bits per heavy atom. The summed E-state index contributed by atoms with van der Waals surface area (Å²) in [7, 11) is 0. The fraction of sp³-hybridized carbons (Fsp3) is 0.812. The topological polar surface area (TPSA) is 41.7 Å². The molecule has 21 heavy (non-hydrogen) atoms. The van der Waals surface area contributed by atoms with Crippen molar-refractivity contribution < 1.29 is 9.15 Å². The lowest BCUT2D eigenvalue weighted by Crippen LogP contribution is -2.44. The summed E-state index contributed by atoms with van der Waals surface area (Å²) in [6.45, 7) is 13.6. The van der Waals surface area contributed by atoms with Crippen molar-refractivity contribution in [2.75, 3.05) is 37.7 Å². The third kappa shape index (κ3) is 3.09. The second-order valence-corrected chi connectivity index (χ2v) is 7.30. The first-order valence-electron chi connectivity index (χ1n) is 7.99. The maximum atomic E-state index is 5.75. The van der Waals surface area contributed by atoms with Crippen LogP contribution in [0.5, 0.6) is 0 Å². The summed E-state index contributed by atoms with van der Waals surface area (Å²) in [5, 5.41) is 0. The van der Waals surface area contributed by atoms with Gasteiger partial charge in [0.2, 0.25) is 0 Å². The molecule has 3 heterocycles. The van der Waals surface area contributed by atoms with Crippen LogP contribution in [0, 0.1) is 0 Å². The van der Waals surface area contributed by atoms with Crippen molar-refractivity contribution in [3.8, 4) is 0 Å². The number of aromatic nitrogens is 1. The predicted molar refractivity (Wildman–Crippen MR) is 82.8 cm³/mol. The van der Waals surface area contributed by atoms with Gasteiger partial charge in [-0.25, -0.2) is 0 Å². The largest absolute Gasteiger partial charge is 0.432 e. The molecule has 1 aromatic heterocycles. The number of anilines is 1. The number of nitrogens with zero attached hydrogens (tertiary/aromatic N) is 3. The van der Waals surface area contributed by atoms with Gasteiger partial charge >= 0.3 is 0 Å². The average Bonchev–Trinajstić information content (AvgIpc) is 3.05. The quantitative estimate of drug-likeness (QED) is 0.837. The standard InChI is InChI=1S/C16H27N3O2/c1-12-9-13(18-5-7-20-8-6-18)10-19(12)15-17-14(11-21-15)16(2,3)4/h11-13H,5-10H2,1-4H3. The number of morpholine rings is 1. The molecule has 1 aromatic rings. The summed E-state index contributed by atoms with van der Waals surface area (Å²) in [6, 6.07) is 1.85. The molecule has 0 amide bonds. The van der Waals surface area contributed by atoms with Crippen LogP contribution in [0.3, 0.4) is 0 Å². The molecule has 2 aliphatic heterocycles. The smallest absolute Gasteiger partial charge is 0.297 e. The maximum absolute atomic E-state index is 5.75. The summed E-state index contributed by atoms with van der Waals surface area (Å²) in [5.41, 5.74) is 1.06. The molecule has 0 N–H and O–H groups in total. The number of hydrogen-bond acceptors (Lipinski definition) is 5. The lowest BCUT2D eigenvalue weighted by atomic mass is 9.93. The highest BCUT2D eigenvalue weighted by atomic mass is 16.5. The van der Waals surface area contributed by atoms with E-state index in [9.17, 15) is 0 Å². The molecule has 2 aliphatic rings. The fourth-order valence-corrected chi connectivity index (χ4v) is 3.22. The lowest BCUT2D eigenvalue weighted by Gasteiger charge is -2.31. The zero-order chi connectivity index (χ0) is 15.0. The summed E-state index contributed by atoms with van der Waals surface area (Å²) < 4.78 is 11.2. The Labute approximate surface area is 127 Å². The Kier molecular flexibility index (Phi) is 3.97. The van der Waals surface area contributed by atoms with Crippen LogP contribution < -0.4 is 4.90 Å². The Bertz CT molecular complexity index is 474. The van der Waals surface area contributed by atoms with Gasteiger partial charge in [0.15, 0.2) is 0 Å². The lowest BCUT2D eigenvalue weighted by molar-refractivity contribution is 0.0204. The number of oxazole rings is 1. The Morgan fingerprint density at radius 1 is 1.24 bits per heavy atom. The zero-order valence-electron chi connectivity index (χ0n) is 13.6. The van der Waals surface area contributed by atoms with Crippen LogP contribution in [-0.4, -0.2) is 54.8 Å². The fourth-order valence-electron chi connectivity index (χ4n) is 3.22. The van der Waals surface area contributed by atoms with E-state index in [0.29, 0.717) is 12.1 Å². The molecule has 0 radical (unpaired) electrons. The van der Waals surface area contributed by atoms with Gasteiger partial charge in [0.25, 0.3) is 6.01 Å². The molecular weight excluding hydrogens is 266 g/mol. The van der Waals surface area contributed by atoms with Gasteiger partial charge in [-0.15, -0.1) is 0 Å². The second kappa shape index (κ2) is 5.61. The molecule has 0 bridgehead atoms. The molecule has 2 fully saturated rings. The van der Waals surface area contributed by atoms with Crippen LogP contribution >= 0.6 is 0 Å². The van der Waals surface area contributed by atoms with Crippen LogP contribution in [0.15, 0.2) is 10.7 Å². The Hall–Kier alpha value is -1.07. The van der Waals surface area contributed by atoms with Gasteiger partial charge in [-0.1, -0.05) is 20.8 Å². The van der Waals surface area contributed by atoms with Gasteiger partial charge in [-0.3, -0.25) is 4.90 Å². The molecule has 5 heteroatoms. The first-order chi connectivity index (χ1) is 9.95. The van der Waals surface area contributed by atoms with E-state index in [1.807, 2.05) is 6.26 Å². The highest BCUT2D eigenvalue weighted by Gasteiger charge is 2.36. The molecule has 5 nitrogen and oxygen atoms in total. The molecule has 0 spiro atoms. The molecule has 118 valence electrons. The van der Waals surface area contributed by atoms with Crippen molar-refractivity contribution >= 4 is 6.01 Å². The van der Waals surface area contributed by atoms with Crippen molar-refractivity contribution in [3.05, 3.63) is 12.0 Å². The van der Waals surface area contributed by atoms with Crippen molar-refractivity contribution in [1.82, 2.24) is 9.88 Å². The van der Waals surface area contributed by atoms with Crippen molar-refractivity contribution in [3.63, 3.8) is 0 Å². The molecule has 2 unspecified atom stereocenters. The number of ether oxygens (including phenoxy) is 1. The number of rotatable bonds is 2. The van der Waals surface area contributed by atoms with Gasteiger partial charge in [-0.05, 0) is 13.3 Å². The first-order valence-corrected chi connectivity index (χ1v) is 7.99. The molecule has 2 saturated heterocycles. The third-order valence-corrected chi connectivity index (χ3v) is 4.62. The maximum Gasteiger partial charge on any atom is 0.297 e. The molecule has 2 atom stereocenters. The van der Waals surface area contributed by atoms with Gasteiger partial charge in [0.1, 0.15) is 6.26 Å². The molecular formula is C16H27N3O2. The van der Waals surface area contributed by atoms with E-state index in [-0.39, 0.29) is 5.41 Å². The summed E-state index contributed by atoms with van der Waals surface area (Å²) in [6.07, 6.45) is 2.98. The Morgan fingerprint density at radius 3 is 2.57 bits per heavy atom. The number of hydrogen-bond donors (Lipinski definition) is 0. The Balaban J connectivity index is 1.70. The van der Waals surface area contributed by atoms with E-state index in [1.165, 1.54) is 6.42 Å². The van der Waals surface area contributed by atoms with E-state index in [0.717, 1.165) is 44.6 Å². The minimum absolute atomic E-state index is 0.0360. The van der Waals surface area contributed by atoms with Crippen molar-refractivity contribution in [1.29, 1.82) is 0 Å². The van der Waals surface area contributed by atoms with E-state index >= 15 is 0 Å². The second-order valence-electron chi connectivity index (χ2n) is 7.30. The monoisotopic (exact) mass is 293 g/mol. The highest BCUT2D eigenvalue weighted by Crippen LogP contribution is 2.30. The minimum atomic E-state index is 0.0360. The predicted octanol–water partition coefficient (Wildman–Crippen LogP) is 2.27. The van der Waals surface area contributed by atoms with Crippen LogP contribution in [0.2, 0.25) is 0 Å². The summed E-state index contributed by atoms with van der Waals surface area (Å²) >= 11 is 0.